The first-order valence-electron chi connectivity index (χ1n) is 11.3. The molecule has 2 N–H and O–H groups in total. The lowest BCUT2D eigenvalue weighted by Gasteiger charge is -2.46. The topological polar surface area (TPSA) is 91.0 Å². The van der Waals surface area contributed by atoms with Crippen LogP contribution in [0.5, 0.6) is 0 Å². The Morgan fingerprint density at radius 1 is 1.19 bits per heavy atom. The molecular weight excluding hydrogens is 396 g/mol. The predicted octanol–water partition coefficient (Wildman–Crippen LogP) is 0.791. The Bertz CT molecular complexity index is 899. The quantitative estimate of drug-likeness (QED) is 0.695. The number of benzene rings is 1. The predicted molar refractivity (Wildman–Crippen MR) is 113 cm³/mol. The second-order valence-corrected chi connectivity index (χ2v) is 9.45. The number of imide groups is 1. The van der Waals surface area contributed by atoms with Gasteiger partial charge >= 0.3 is 0 Å². The molecule has 4 aliphatic rings. The summed E-state index contributed by atoms with van der Waals surface area (Å²) in [7, 11) is 0. The van der Waals surface area contributed by atoms with Crippen molar-refractivity contribution in [2.75, 3.05) is 26.2 Å². The zero-order valence-corrected chi connectivity index (χ0v) is 18.0. The molecule has 166 valence electrons. The van der Waals surface area contributed by atoms with Gasteiger partial charge in [0.15, 0.2) is 0 Å². The van der Waals surface area contributed by atoms with E-state index < -0.39 is 6.04 Å². The van der Waals surface area contributed by atoms with Gasteiger partial charge in [-0.25, -0.2) is 0 Å². The van der Waals surface area contributed by atoms with E-state index >= 15 is 0 Å². The molecule has 0 radical (unpaired) electrons. The number of ether oxygens (including phenoxy) is 1. The molecule has 5 rings (SSSR count). The van der Waals surface area contributed by atoms with Crippen LogP contribution < -0.4 is 10.6 Å². The smallest absolute Gasteiger partial charge is 0.255 e. The number of hydrogen-bond acceptors (Lipinski definition) is 6. The largest absolute Gasteiger partial charge is 0.375 e. The fourth-order valence-corrected chi connectivity index (χ4v) is 5.22. The maximum Gasteiger partial charge on any atom is 0.255 e. The Kier molecular flexibility index (Phi) is 5.32. The van der Waals surface area contributed by atoms with Crippen molar-refractivity contribution in [3.63, 3.8) is 0 Å². The standard InChI is InChI=1S/C23H30N4O4/c1-15-11-24-23(14-31-15)6-8-26(9-7-23)12-16-2-3-18-17(10-16)13-27(22(18)30)19-4-5-20(28)25-21(19)29/h2-3,10,15,19,24H,4-9,11-14H2,1H3,(H,25,28,29). The molecule has 4 aliphatic heterocycles. The summed E-state index contributed by atoms with van der Waals surface area (Å²) in [4.78, 5) is 40.6. The number of piperidine rings is 2. The molecule has 1 aromatic rings. The van der Waals surface area contributed by atoms with Crippen LogP contribution in [0, 0.1) is 0 Å². The number of fused-ring (bicyclic) bond motifs is 1. The number of nitrogens with one attached hydrogen (secondary N) is 2. The maximum atomic E-state index is 12.9. The molecule has 8 heteroatoms. The van der Waals surface area contributed by atoms with Crippen molar-refractivity contribution < 1.29 is 19.1 Å². The highest BCUT2D eigenvalue weighted by Crippen LogP contribution is 2.30. The number of nitrogens with zero attached hydrogens (tertiary/aromatic N) is 2. The number of likely N-dealkylation sites (tertiary alicyclic amines) is 1. The van der Waals surface area contributed by atoms with Crippen LogP contribution >= 0.6 is 0 Å². The van der Waals surface area contributed by atoms with Crippen molar-refractivity contribution in [1.82, 2.24) is 20.4 Å². The van der Waals surface area contributed by atoms with Gasteiger partial charge in [-0.05, 0) is 43.4 Å². The lowest BCUT2D eigenvalue weighted by Crippen LogP contribution is -2.61. The summed E-state index contributed by atoms with van der Waals surface area (Å²) in [6.07, 6.45) is 3.11. The summed E-state index contributed by atoms with van der Waals surface area (Å²) in [5, 5.41) is 6.05. The molecule has 1 spiro atoms. The average Bonchev–Trinajstić information content (AvgIpc) is 3.08. The molecule has 3 fully saturated rings. The van der Waals surface area contributed by atoms with Gasteiger partial charge in [-0.15, -0.1) is 0 Å². The van der Waals surface area contributed by atoms with Gasteiger partial charge in [0.25, 0.3) is 5.91 Å². The van der Waals surface area contributed by atoms with Gasteiger partial charge in [-0.3, -0.25) is 24.6 Å². The molecule has 3 amide bonds. The molecule has 0 aliphatic carbocycles. The summed E-state index contributed by atoms with van der Waals surface area (Å²) >= 11 is 0. The van der Waals surface area contributed by atoms with E-state index in [1.54, 1.807) is 4.90 Å². The Morgan fingerprint density at radius 3 is 2.71 bits per heavy atom. The van der Waals surface area contributed by atoms with E-state index in [2.05, 4.69) is 28.5 Å². The van der Waals surface area contributed by atoms with E-state index in [4.69, 9.17) is 4.74 Å². The number of carbonyl (C=O) groups excluding carboxylic acids is 3. The van der Waals surface area contributed by atoms with Gasteiger partial charge in [0.1, 0.15) is 6.04 Å². The number of hydrogen-bond donors (Lipinski definition) is 2. The highest BCUT2D eigenvalue weighted by molar-refractivity contribution is 6.05. The molecule has 8 nitrogen and oxygen atoms in total. The third-order valence-electron chi connectivity index (χ3n) is 7.22. The molecule has 0 bridgehead atoms. The summed E-state index contributed by atoms with van der Waals surface area (Å²) in [5.74, 6) is -0.747. The fraction of sp³-hybridized carbons (Fsp3) is 0.609. The van der Waals surface area contributed by atoms with Crippen molar-refractivity contribution in [2.24, 2.45) is 0 Å². The first kappa shape index (κ1) is 20.6. The Morgan fingerprint density at radius 2 is 2.00 bits per heavy atom. The van der Waals surface area contributed by atoms with Gasteiger partial charge in [-0.1, -0.05) is 12.1 Å². The first-order chi connectivity index (χ1) is 14.9. The Labute approximate surface area is 182 Å². The van der Waals surface area contributed by atoms with Gasteiger partial charge in [0, 0.05) is 50.2 Å². The van der Waals surface area contributed by atoms with Gasteiger partial charge in [0.05, 0.1) is 12.7 Å². The molecule has 0 aromatic heterocycles. The van der Waals surface area contributed by atoms with Crippen molar-refractivity contribution >= 4 is 17.7 Å². The van der Waals surface area contributed by atoms with Crippen LogP contribution in [0.15, 0.2) is 18.2 Å². The van der Waals surface area contributed by atoms with Crippen LogP contribution in [0.3, 0.4) is 0 Å². The van der Waals surface area contributed by atoms with Crippen LogP contribution in [0.25, 0.3) is 0 Å². The van der Waals surface area contributed by atoms with E-state index in [-0.39, 0.29) is 35.8 Å². The molecule has 2 atom stereocenters. The summed E-state index contributed by atoms with van der Waals surface area (Å²) in [5.41, 5.74) is 2.95. The maximum absolute atomic E-state index is 12.9. The SMILES string of the molecule is CC1CNC2(CCN(Cc3ccc4c(c3)CN(C3CCC(=O)NC3=O)C4=O)CC2)CO1. The van der Waals surface area contributed by atoms with Crippen molar-refractivity contribution in [3.05, 3.63) is 34.9 Å². The molecule has 2 unspecified atom stereocenters. The van der Waals surface area contributed by atoms with Crippen LogP contribution in [0.1, 0.15) is 54.1 Å². The number of morpholine rings is 1. The molecule has 0 saturated carbocycles. The number of carbonyl (C=O) groups is 3. The van der Waals surface area contributed by atoms with Crippen molar-refractivity contribution in [2.45, 2.75) is 63.4 Å². The molecular formula is C23H30N4O4. The van der Waals surface area contributed by atoms with Crippen molar-refractivity contribution in [1.29, 1.82) is 0 Å². The molecule has 3 saturated heterocycles. The van der Waals surface area contributed by atoms with Gasteiger partial charge in [0.2, 0.25) is 11.8 Å². The average molecular weight is 427 g/mol. The summed E-state index contributed by atoms with van der Waals surface area (Å²) < 4.78 is 5.89. The molecule has 4 heterocycles. The third-order valence-corrected chi connectivity index (χ3v) is 7.22. The normalized spacial score (nSPS) is 28.7. The minimum Gasteiger partial charge on any atom is -0.375 e. The first-order valence-corrected chi connectivity index (χ1v) is 11.3. The summed E-state index contributed by atoms with van der Waals surface area (Å²) in [6.45, 7) is 7.13. The zero-order chi connectivity index (χ0) is 21.6. The van der Waals surface area contributed by atoms with Crippen LogP contribution in [0.4, 0.5) is 0 Å². The number of rotatable bonds is 3. The van der Waals surface area contributed by atoms with Gasteiger partial charge < -0.3 is 15.0 Å². The van der Waals surface area contributed by atoms with E-state index in [1.807, 2.05) is 12.1 Å². The van der Waals surface area contributed by atoms with E-state index in [1.165, 1.54) is 5.56 Å². The minimum atomic E-state index is -0.563. The highest BCUT2D eigenvalue weighted by Gasteiger charge is 2.40. The van der Waals surface area contributed by atoms with Crippen LogP contribution in [-0.4, -0.2) is 71.4 Å². The monoisotopic (exact) mass is 426 g/mol. The van der Waals surface area contributed by atoms with Crippen molar-refractivity contribution in [3.8, 4) is 0 Å². The summed E-state index contributed by atoms with van der Waals surface area (Å²) in [6, 6.07) is 5.46. The second kappa shape index (κ2) is 8.00. The number of amides is 3. The van der Waals surface area contributed by atoms with E-state index in [0.29, 0.717) is 18.5 Å². The fourth-order valence-electron chi connectivity index (χ4n) is 5.22. The highest BCUT2D eigenvalue weighted by atomic mass is 16.5. The molecule has 1 aromatic carbocycles. The minimum absolute atomic E-state index is 0.117. The van der Waals surface area contributed by atoms with Crippen LogP contribution in [0.2, 0.25) is 0 Å². The third kappa shape index (κ3) is 4.00. The van der Waals surface area contributed by atoms with E-state index in [0.717, 1.165) is 51.2 Å². The lowest BCUT2D eigenvalue weighted by atomic mass is 9.86. The Balaban J connectivity index is 1.21. The van der Waals surface area contributed by atoms with Crippen LogP contribution in [-0.2, 0) is 27.4 Å². The zero-order valence-electron chi connectivity index (χ0n) is 18.0. The van der Waals surface area contributed by atoms with Gasteiger partial charge in [-0.2, -0.15) is 0 Å². The van der Waals surface area contributed by atoms with E-state index in [9.17, 15) is 14.4 Å². The Hall–Kier alpha value is -2.29. The molecule has 31 heavy (non-hydrogen) atoms. The second-order valence-electron chi connectivity index (χ2n) is 9.45. The lowest BCUT2D eigenvalue weighted by molar-refractivity contribution is -0.136.